The van der Waals surface area contributed by atoms with Crippen LogP contribution in [0.4, 0.5) is 5.69 Å². The average molecular weight is 393 g/mol. The molecular weight excluding hydrogens is 366 g/mol. The van der Waals surface area contributed by atoms with E-state index in [0.717, 1.165) is 0 Å². The van der Waals surface area contributed by atoms with Crippen LogP contribution in [-0.2, 0) is 25.7 Å². The van der Waals surface area contributed by atoms with E-state index < -0.39 is 33.4 Å². The van der Waals surface area contributed by atoms with Crippen LogP contribution in [0.15, 0.2) is 24.3 Å². The summed E-state index contributed by atoms with van der Waals surface area (Å²) in [5.41, 5.74) is 9.02. The van der Waals surface area contributed by atoms with E-state index in [1.54, 1.807) is 20.8 Å². The zero-order valence-electron chi connectivity index (χ0n) is 16.4. The summed E-state index contributed by atoms with van der Waals surface area (Å²) in [7, 11) is 0. The summed E-state index contributed by atoms with van der Waals surface area (Å²) in [6.07, 6.45) is 0.989. The number of hydrogen-bond donors (Lipinski definition) is 2. The van der Waals surface area contributed by atoms with Crippen LogP contribution in [-0.4, -0.2) is 34.5 Å². The highest BCUT2D eigenvalue weighted by Crippen LogP contribution is 2.59. The van der Waals surface area contributed by atoms with Crippen molar-refractivity contribution >= 4 is 17.6 Å². The third kappa shape index (κ3) is 4.48. The van der Waals surface area contributed by atoms with Crippen LogP contribution in [0.25, 0.3) is 0 Å². The van der Waals surface area contributed by atoms with Gasteiger partial charge in [-0.15, -0.1) is 0 Å². The second-order valence-electron chi connectivity index (χ2n) is 8.12. The molecule has 0 heterocycles. The van der Waals surface area contributed by atoms with E-state index in [9.17, 15) is 19.7 Å². The van der Waals surface area contributed by atoms with Gasteiger partial charge in [-0.1, -0.05) is 0 Å². The van der Waals surface area contributed by atoms with Crippen molar-refractivity contribution in [1.82, 2.24) is 0 Å². The predicted molar refractivity (Wildman–Crippen MR) is 101 cm³/mol. The van der Waals surface area contributed by atoms with E-state index >= 15 is 0 Å². The zero-order valence-corrected chi connectivity index (χ0v) is 16.4. The number of nitro groups is 1. The standard InChI is InChI=1S/C19H27N3O6/c1-17(2,3)28-15(23)18(9-4-10-20)12-19(18,21)16(24)27-11-13-5-7-14(8-6-13)22(25)26/h5-8H,4,9-12,20-21H2,1-3H3. The molecule has 9 nitrogen and oxygen atoms in total. The topological polar surface area (TPSA) is 148 Å². The van der Waals surface area contributed by atoms with Crippen LogP contribution in [0.2, 0.25) is 0 Å². The van der Waals surface area contributed by atoms with Crippen molar-refractivity contribution in [3.63, 3.8) is 0 Å². The molecule has 0 aliphatic heterocycles. The number of hydrogen-bond acceptors (Lipinski definition) is 8. The number of nitrogens with two attached hydrogens (primary N) is 2. The van der Waals surface area contributed by atoms with Gasteiger partial charge in [0.1, 0.15) is 17.7 Å². The summed E-state index contributed by atoms with van der Waals surface area (Å²) in [5, 5.41) is 10.7. The van der Waals surface area contributed by atoms with Gasteiger partial charge in [-0.3, -0.25) is 19.7 Å². The van der Waals surface area contributed by atoms with Crippen molar-refractivity contribution in [2.24, 2.45) is 16.9 Å². The minimum absolute atomic E-state index is 0.0571. The van der Waals surface area contributed by atoms with Gasteiger partial charge in [0.2, 0.25) is 0 Å². The Labute approximate surface area is 163 Å². The molecule has 0 bridgehead atoms. The van der Waals surface area contributed by atoms with E-state index in [1.807, 2.05) is 0 Å². The Morgan fingerprint density at radius 1 is 1.21 bits per heavy atom. The average Bonchev–Trinajstić information content (AvgIpc) is 3.24. The van der Waals surface area contributed by atoms with Gasteiger partial charge in [0.15, 0.2) is 0 Å². The number of benzene rings is 1. The van der Waals surface area contributed by atoms with Crippen molar-refractivity contribution in [3.8, 4) is 0 Å². The monoisotopic (exact) mass is 393 g/mol. The Morgan fingerprint density at radius 2 is 1.82 bits per heavy atom. The molecule has 1 aromatic carbocycles. The molecule has 2 atom stereocenters. The molecule has 9 heteroatoms. The first-order valence-electron chi connectivity index (χ1n) is 9.08. The van der Waals surface area contributed by atoms with Crippen LogP contribution in [0.3, 0.4) is 0 Å². The molecular formula is C19H27N3O6. The quantitative estimate of drug-likeness (QED) is 0.386. The van der Waals surface area contributed by atoms with Crippen LogP contribution in [0, 0.1) is 15.5 Å². The SMILES string of the molecule is CC(C)(C)OC(=O)C1(CCCN)CC1(N)C(=O)OCc1ccc([N+](=O)[O-])cc1. The summed E-state index contributed by atoms with van der Waals surface area (Å²) in [5.74, 6) is -1.23. The summed E-state index contributed by atoms with van der Waals surface area (Å²) in [6, 6.07) is 5.64. The zero-order chi connectivity index (χ0) is 21.2. The number of esters is 2. The molecule has 0 amide bonds. The number of carbonyl (C=O) groups is 2. The minimum atomic E-state index is -1.47. The number of nitro benzene ring substituents is 1. The largest absolute Gasteiger partial charge is 0.459 e. The van der Waals surface area contributed by atoms with Crippen LogP contribution in [0.5, 0.6) is 0 Å². The van der Waals surface area contributed by atoms with Crippen LogP contribution < -0.4 is 11.5 Å². The minimum Gasteiger partial charge on any atom is -0.459 e. The molecule has 1 aliphatic carbocycles. The normalized spacial score (nSPS) is 23.8. The van der Waals surface area contributed by atoms with Gasteiger partial charge in [-0.2, -0.15) is 0 Å². The highest BCUT2D eigenvalue weighted by atomic mass is 16.6. The van der Waals surface area contributed by atoms with Crippen molar-refractivity contribution in [2.75, 3.05) is 6.54 Å². The van der Waals surface area contributed by atoms with E-state index in [2.05, 4.69) is 0 Å². The summed E-state index contributed by atoms with van der Waals surface area (Å²) in [4.78, 5) is 35.5. The van der Waals surface area contributed by atoms with E-state index in [4.69, 9.17) is 20.9 Å². The number of nitrogens with zero attached hydrogens (tertiary/aromatic N) is 1. The van der Waals surface area contributed by atoms with E-state index in [-0.39, 0.29) is 18.7 Å². The molecule has 0 radical (unpaired) electrons. The fraction of sp³-hybridized carbons (Fsp3) is 0.579. The lowest BCUT2D eigenvalue weighted by Gasteiger charge is -2.26. The number of carbonyl (C=O) groups excluding carboxylic acids is 2. The fourth-order valence-electron chi connectivity index (χ4n) is 3.14. The number of ether oxygens (including phenoxy) is 2. The van der Waals surface area contributed by atoms with Gasteiger partial charge < -0.3 is 20.9 Å². The summed E-state index contributed by atoms with van der Waals surface area (Å²) >= 11 is 0. The second-order valence-corrected chi connectivity index (χ2v) is 8.12. The molecule has 2 unspecified atom stereocenters. The number of rotatable bonds is 8. The second kappa shape index (κ2) is 7.84. The Kier molecular flexibility index (Phi) is 6.10. The first-order valence-corrected chi connectivity index (χ1v) is 9.08. The fourth-order valence-corrected chi connectivity index (χ4v) is 3.14. The predicted octanol–water partition coefficient (Wildman–Crippen LogP) is 1.81. The Bertz CT molecular complexity index is 758. The molecule has 0 saturated heterocycles. The van der Waals surface area contributed by atoms with Crippen molar-refractivity contribution < 1.29 is 24.0 Å². The lowest BCUT2D eigenvalue weighted by Crippen LogP contribution is -2.45. The molecule has 0 aromatic heterocycles. The Balaban J connectivity index is 2.07. The molecule has 2 rings (SSSR count). The smallest absolute Gasteiger partial charge is 0.327 e. The number of non-ortho nitro benzene ring substituents is 1. The third-order valence-electron chi connectivity index (χ3n) is 4.79. The molecule has 1 aliphatic rings. The highest BCUT2D eigenvalue weighted by molar-refractivity contribution is 5.98. The van der Waals surface area contributed by atoms with Gasteiger partial charge in [-0.05, 0) is 64.3 Å². The molecule has 1 aromatic rings. The maximum Gasteiger partial charge on any atom is 0.327 e. The molecule has 4 N–H and O–H groups in total. The summed E-state index contributed by atoms with van der Waals surface area (Å²) < 4.78 is 10.8. The highest BCUT2D eigenvalue weighted by Gasteiger charge is 2.75. The molecule has 154 valence electrons. The van der Waals surface area contributed by atoms with Gasteiger partial charge in [0, 0.05) is 12.1 Å². The van der Waals surface area contributed by atoms with Gasteiger partial charge in [-0.25, -0.2) is 0 Å². The van der Waals surface area contributed by atoms with Crippen LogP contribution in [0.1, 0.15) is 45.6 Å². The maximum atomic E-state index is 12.7. The van der Waals surface area contributed by atoms with E-state index in [1.165, 1.54) is 24.3 Å². The summed E-state index contributed by atoms with van der Waals surface area (Å²) in [6.45, 7) is 5.49. The van der Waals surface area contributed by atoms with Gasteiger partial charge >= 0.3 is 11.9 Å². The Morgan fingerprint density at radius 3 is 2.32 bits per heavy atom. The molecule has 1 fully saturated rings. The molecule has 0 spiro atoms. The van der Waals surface area contributed by atoms with E-state index in [0.29, 0.717) is 24.9 Å². The van der Waals surface area contributed by atoms with Crippen molar-refractivity contribution in [1.29, 1.82) is 0 Å². The van der Waals surface area contributed by atoms with Crippen molar-refractivity contribution in [3.05, 3.63) is 39.9 Å². The Hall–Kier alpha value is -2.52. The first-order chi connectivity index (χ1) is 12.9. The molecule has 28 heavy (non-hydrogen) atoms. The van der Waals surface area contributed by atoms with Gasteiger partial charge in [0.25, 0.3) is 5.69 Å². The van der Waals surface area contributed by atoms with Crippen LogP contribution >= 0.6 is 0 Å². The lowest BCUT2D eigenvalue weighted by atomic mass is 9.93. The van der Waals surface area contributed by atoms with Crippen molar-refractivity contribution in [2.45, 2.75) is 57.8 Å². The van der Waals surface area contributed by atoms with Gasteiger partial charge in [0.05, 0.1) is 10.3 Å². The maximum absolute atomic E-state index is 12.7. The lowest BCUT2D eigenvalue weighted by molar-refractivity contribution is -0.384. The molecule has 1 saturated carbocycles. The third-order valence-corrected chi connectivity index (χ3v) is 4.79. The first kappa shape index (κ1) is 21.8.